The van der Waals surface area contributed by atoms with E-state index in [1.807, 2.05) is 6.92 Å². The normalized spacial score (nSPS) is 11.6. The number of aliphatic carboxylic acids is 2. The van der Waals surface area contributed by atoms with E-state index >= 15 is 0 Å². The molecular formula is C15H22O6. The Kier molecular flexibility index (Phi) is 12.6. The first kappa shape index (κ1) is 20.9. The summed E-state index contributed by atoms with van der Waals surface area (Å²) in [6.07, 6.45) is 6.73. The number of ether oxygens (including phenoxy) is 1. The van der Waals surface area contributed by atoms with Crippen molar-refractivity contribution in [2.24, 2.45) is 5.92 Å². The molecule has 0 aromatic heterocycles. The minimum absolute atomic E-state index is 0.143. The number of hydrogen-bond acceptors (Lipinski definition) is 4. The fourth-order valence-corrected chi connectivity index (χ4v) is 1.06. The molecule has 118 valence electrons. The summed E-state index contributed by atoms with van der Waals surface area (Å²) in [7, 11) is 1.33. The van der Waals surface area contributed by atoms with Crippen LogP contribution in [0.1, 0.15) is 26.7 Å². The first-order valence-electron chi connectivity index (χ1n) is 6.25. The summed E-state index contributed by atoms with van der Waals surface area (Å²) in [5, 5.41) is 16.6. The van der Waals surface area contributed by atoms with E-state index in [0.717, 1.165) is 18.6 Å². The van der Waals surface area contributed by atoms with Gasteiger partial charge in [0.15, 0.2) is 0 Å². The maximum Gasteiger partial charge on any atom is 0.332 e. The number of methoxy groups -OCH3 is 1. The van der Waals surface area contributed by atoms with Gasteiger partial charge in [-0.3, -0.25) is 0 Å². The number of allylic oxidation sites excluding steroid dienone is 2. The maximum absolute atomic E-state index is 10.2. The first-order valence-corrected chi connectivity index (χ1v) is 6.25. The van der Waals surface area contributed by atoms with Crippen LogP contribution in [0.2, 0.25) is 0 Å². The van der Waals surface area contributed by atoms with Gasteiger partial charge in [-0.2, -0.15) is 0 Å². The Hall–Kier alpha value is -2.37. The molecule has 0 fully saturated rings. The van der Waals surface area contributed by atoms with Gasteiger partial charge in [0.25, 0.3) is 0 Å². The average Bonchev–Trinajstić information content (AvgIpc) is 2.40. The lowest BCUT2D eigenvalue weighted by atomic mass is 10.1. The zero-order valence-corrected chi connectivity index (χ0v) is 12.5. The summed E-state index contributed by atoms with van der Waals surface area (Å²) >= 11 is 0. The molecule has 0 aromatic carbocycles. The molecule has 0 amide bonds. The molecule has 0 rings (SSSR count). The maximum atomic E-state index is 10.2. The summed E-state index contributed by atoms with van der Waals surface area (Å²) in [5.74, 6) is -2.12. The molecule has 1 unspecified atom stereocenters. The Bertz CT molecular complexity index is 420. The average molecular weight is 298 g/mol. The molecule has 0 aromatic rings. The summed E-state index contributed by atoms with van der Waals surface area (Å²) in [5.41, 5.74) is 0.433. The number of rotatable bonds is 7. The van der Waals surface area contributed by atoms with E-state index in [0.29, 0.717) is 12.0 Å². The number of carboxylic acid groups (broad SMARTS) is 2. The molecule has 0 saturated carbocycles. The molecule has 21 heavy (non-hydrogen) atoms. The Morgan fingerprint density at radius 2 is 1.71 bits per heavy atom. The molecule has 0 radical (unpaired) electrons. The quantitative estimate of drug-likeness (QED) is 0.553. The molecular weight excluding hydrogens is 276 g/mol. The summed E-state index contributed by atoms with van der Waals surface area (Å²) < 4.78 is 4.27. The Morgan fingerprint density at radius 3 is 2.05 bits per heavy atom. The van der Waals surface area contributed by atoms with Crippen molar-refractivity contribution in [1.29, 1.82) is 0 Å². The van der Waals surface area contributed by atoms with E-state index in [1.54, 1.807) is 19.1 Å². The van der Waals surface area contributed by atoms with Gasteiger partial charge in [0.1, 0.15) is 0 Å². The second kappa shape index (κ2) is 12.7. The van der Waals surface area contributed by atoms with Gasteiger partial charge >= 0.3 is 17.9 Å². The van der Waals surface area contributed by atoms with Crippen molar-refractivity contribution in [3.05, 3.63) is 36.5 Å². The zero-order chi connectivity index (χ0) is 16.8. The van der Waals surface area contributed by atoms with Crippen molar-refractivity contribution in [2.75, 3.05) is 7.11 Å². The van der Waals surface area contributed by atoms with E-state index in [2.05, 4.69) is 11.3 Å². The predicted octanol–water partition coefficient (Wildman–Crippen LogP) is 2.42. The highest BCUT2D eigenvalue weighted by Gasteiger charge is 1.97. The van der Waals surface area contributed by atoms with Gasteiger partial charge in [-0.05, 0) is 25.7 Å². The van der Waals surface area contributed by atoms with Crippen molar-refractivity contribution in [2.45, 2.75) is 26.7 Å². The largest absolute Gasteiger partial charge is 0.478 e. The molecule has 0 spiro atoms. The third-order valence-corrected chi connectivity index (χ3v) is 2.15. The molecule has 0 aliphatic carbocycles. The van der Waals surface area contributed by atoms with E-state index in [-0.39, 0.29) is 11.9 Å². The topological polar surface area (TPSA) is 101 Å². The van der Waals surface area contributed by atoms with Crippen LogP contribution in [0.4, 0.5) is 0 Å². The molecule has 2 N–H and O–H groups in total. The molecule has 0 aliphatic rings. The number of esters is 1. The van der Waals surface area contributed by atoms with Gasteiger partial charge in [0, 0.05) is 17.7 Å². The number of carboxylic acids is 2. The van der Waals surface area contributed by atoms with Gasteiger partial charge in [0.2, 0.25) is 0 Å². The Balaban J connectivity index is 0. The Morgan fingerprint density at radius 1 is 1.19 bits per heavy atom. The highest BCUT2D eigenvalue weighted by atomic mass is 16.5. The van der Waals surface area contributed by atoms with Crippen LogP contribution >= 0.6 is 0 Å². The van der Waals surface area contributed by atoms with E-state index in [4.69, 9.17) is 10.2 Å². The standard InChI is InChI=1S/C10H14O4.C5H8O2/c1-8(6-7-10(13)14)4-2-3-5-9(11)12;1-4(2)5(6)7-3/h3,5-8H,2,4H2,1H3,(H,11,12)(H,13,14);1H2,2-3H3/b5-3+,7-6+;. The lowest BCUT2D eigenvalue weighted by molar-refractivity contribution is -0.136. The minimum atomic E-state index is -0.960. The number of hydrogen-bond donors (Lipinski definition) is 2. The molecule has 0 bridgehead atoms. The molecule has 6 heteroatoms. The molecule has 0 heterocycles. The molecule has 0 aliphatic heterocycles. The number of carbonyl (C=O) groups excluding carboxylic acids is 1. The fourth-order valence-electron chi connectivity index (χ4n) is 1.06. The molecule has 0 saturated heterocycles. The first-order chi connectivity index (χ1) is 9.70. The second-order valence-corrected chi connectivity index (χ2v) is 4.26. The highest BCUT2D eigenvalue weighted by molar-refractivity contribution is 5.86. The fraction of sp³-hybridized carbons (Fsp3) is 0.400. The van der Waals surface area contributed by atoms with Gasteiger partial charge in [0.05, 0.1) is 7.11 Å². The van der Waals surface area contributed by atoms with Crippen molar-refractivity contribution in [3.63, 3.8) is 0 Å². The van der Waals surface area contributed by atoms with Gasteiger partial charge in [-0.15, -0.1) is 0 Å². The Labute approximate surface area is 124 Å². The van der Waals surface area contributed by atoms with Crippen molar-refractivity contribution >= 4 is 17.9 Å². The van der Waals surface area contributed by atoms with Gasteiger partial charge in [-0.25, -0.2) is 14.4 Å². The SMILES string of the molecule is C=C(C)C(=O)OC.CC(/C=C/C(=O)O)CC/C=C/C(=O)O. The van der Waals surface area contributed by atoms with E-state index < -0.39 is 11.9 Å². The third-order valence-electron chi connectivity index (χ3n) is 2.15. The van der Waals surface area contributed by atoms with Crippen LogP contribution < -0.4 is 0 Å². The summed E-state index contributed by atoms with van der Waals surface area (Å²) in [6.45, 7) is 6.84. The van der Waals surface area contributed by atoms with Crippen molar-refractivity contribution < 1.29 is 29.3 Å². The zero-order valence-electron chi connectivity index (χ0n) is 12.5. The summed E-state index contributed by atoms with van der Waals surface area (Å²) in [6, 6.07) is 0. The highest BCUT2D eigenvalue weighted by Crippen LogP contribution is 2.07. The van der Waals surface area contributed by atoms with Crippen LogP contribution in [0, 0.1) is 5.92 Å². The lowest BCUT2D eigenvalue weighted by Crippen LogP contribution is -1.98. The van der Waals surface area contributed by atoms with Crippen LogP contribution in [0.15, 0.2) is 36.5 Å². The smallest absolute Gasteiger partial charge is 0.332 e. The van der Waals surface area contributed by atoms with Crippen molar-refractivity contribution in [3.8, 4) is 0 Å². The lowest BCUT2D eigenvalue weighted by Gasteiger charge is -2.01. The van der Waals surface area contributed by atoms with Gasteiger partial charge in [-0.1, -0.05) is 25.7 Å². The minimum Gasteiger partial charge on any atom is -0.478 e. The van der Waals surface area contributed by atoms with E-state index in [9.17, 15) is 14.4 Å². The third kappa shape index (κ3) is 17.6. The van der Waals surface area contributed by atoms with Crippen LogP contribution in [-0.2, 0) is 19.1 Å². The van der Waals surface area contributed by atoms with Crippen LogP contribution in [-0.4, -0.2) is 35.2 Å². The van der Waals surface area contributed by atoms with Crippen LogP contribution in [0.25, 0.3) is 0 Å². The van der Waals surface area contributed by atoms with Crippen LogP contribution in [0.5, 0.6) is 0 Å². The molecule has 6 nitrogen and oxygen atoms in total. The number of carbonyl (C=O) groups is 3. The predicted molar refractivity (Wildman–Crippen MR) is 78.8 cm³/mol. The van der Waals surface area contributed by atoms with Crippen molar-refractivity contribution in [1.82, 2.24) is 0 Å². The monoisotopic (exact) mass is 298 g/mol. The molecule has 1 atom stereocenters. The second-order valence-electron chi connectivity index (χ2n) is 4.26. The van der Waals surface area contributed by atoms with Crippen LogP contribution in [0.3, 0.4) is 0 Å². The van der Waals surface area contributed by atoms with E-state index in [1.165, 1.54) is 7.11 Å². The summed E-state index contributed by atoms with van der Waals surface area (Å²) in [4.78, 5) is 30.4. The van der Waals surface area contributed by atoms with Gasteiger partial charge < -0.3 is 14.9 Å².